The third-order valence-corrected chi connectivity index (χ3v) is 3.77. The summed E-state index contributed by atoms with van der Waals surface area (Å²) >= 11 is 1.66. The second-order valence-corrected chi connectivity index (χ2v) is 5.70. The Morgan fingerprint density at radius 3 is 2.65 bits per heavy atom. The van der Waals surface area contributed by atoms with Crippen LogP contribution in [-0.2, 0) is 6.54 Å². The summed E-state index contributed by atoms with van der Waals surface area (Å²) < 4.78 is 5.95. The lowest BCUT2D eigenvalue weighted by Gasteiger charge is -2.12. The van der Waals surface area contributed by atoms with E-state index in [9.17, 15) is 0 Å². The Morgan fingerprint density at radius 2 is 2.00 bits per heavy atom. The summed E-state index contributed by atoms with van der Waals surface area (Å²) in [4.78, 5) is 5.66. The molecular weight excluding hydrogens is 268 g/mol. The first-order valence-corrected chi connectivity index (χ1v) is 7.88. The summed E-state index contributed by atoms with van der Waals surface area (Å²) in [6.07, 6.45) is 2.03. The zero-order valence-electron chi connectivity index (χ0n) is 12.1. The van der Waals surface area contributed by atoms with Crippen LogP contribution in [0.1, 0.15) is 31.0 Å². The number of pyridine rings is 1. The highest BCUT2D eigenvalue weighted by Gasteiger charge is 2.09. The first-order chi connectivity index (χ1) is 9.63. The first kappa shape index (κ1) is 14.9. The van der Waals surface area contributed by atoms with Gasteiger partial charge in [0.05, 0.1) is 0 Å². The standard InChI is InChI=1S/C16H20N2OS/c1-11(2)13-8-12(10-17)9-16(18-13)19-14-6-4-5-7-15(14)20-3/h4-9,11H,10,17H2,1-3H3. The Labute approximate surface area is 124 Å². The fourth-order valence-corrected chi connectivity index (χ4v) is 2.39. The number of thioether (sulfide) groups is 1. The molecule has 2 N–H and O–H groups in total. The van der Waals surface area contributed by atoms with E-state index < -0.39 is 0 Å². The minimum atomic E-state index is 0.347. The minimum Gasteiger partial charge on any atom is -0.438 e. The highest BCUT2D eigenvalue weighted by molar-refractivity contribution is 7.98. The van der Waals surface area contributed by atoms with Crippen molar-refractivity contribution in [3.63, 3.8) is 0 Å². The molecular formula is C16H20N2OS. The molecule has 2 rings (SSSR count). The van der Waals surface area contributed by atoms with Crippen molar-refractivity contribution in [3.05, 3.63) is 47.7 Å². The maximum Gasteiger partial charge on any atom is 0.219 e. The van der Waals surface area contributed by atoms with Crippen molar-refractivity contribution in [2.45, 2.75) is 31.2 Å². The second kappa shape index (κ2) is 6.77. The Kier molecular flexibility index (Phi) is 5.04. The maximum atomic E-state index is 5.95. The van der Waals surface area contributed by atoms with E-state index >= 15 is 0 Å². The van der Waals surface area contributed by atoms with E-state index in [1.54, 1.807) is 11.8 Å². The van der Waals surface area contributed by atoms with Crippen LogP contribution in [0.3, 0.4) is 0 Å². The van der Waals surface area contributed by atoms with Gasteiger partial charge in [-0.1, -0.05) is 26.0 Å². The van der Waals surface area contributed by atoms with Crippen molar-refractivity contribution in [2.24, 2.45) is 5.73 Å². The average molecular weight is 288 g/mol. The smallest absolute Gasteiger partial charge is 0.219 e. The average Bonchev–Trinajstić information content (AvgIpc) is 2.47. The molecule has 1 aromatic heterocycles. The van der Waals surface area contributed by atoms with E-state index in [2.05, 4.69) is 18.8 Å². The van der Waals surface area contributed by atoms with Gasteiger partial charge >= 0.3 is 0 Å². The largest absolute Gasteiger partial charge is 0.438 e. The molecule has 0 aliphatic heterocycles. The molecule has 20 heavy (non-hydrogen) atoms. The molecule has 1 heterocycles. The summed E-state index contributed by atoms with van der Waals surface area (Å²) in [7, 11) is 0. The summed E-state index contributed by atoms with van der Waals surface area (Å²) in [5.41, 5.74) is 7.80. The van der Waals surface area contributed by atoms with Crippen LogP contribution >= 0.6 is 11.8 Å². The molecule has 0 aliphatic carbocycles. The molecule has 0 aliphatic rings. The van der Waals surface area contributed by atoms with Gasteiger partial charge in [0.15, 0.2) is 0 Å². The van der Waals surface area contributed by atoms with Crippen LogP contribution in [0, 0.1) is 0 Å². The lowest BCUT2D eigenvalue weighted by molar-refractivity contribution is 0.448. The third-order valence-electron chi connectivity index (χ3n) is 2.99. The summed E-state index contributed by atoms with van der Waals surface area (Å²) in [6.45, 7) is 4.72. The van der Waals surface area contributed by atoms with E-state index in [4.69, 9.17) is 10.5 Å². The van der Waals surface area contributed by atoms with Crippen molar-refractivity contribution < 1.29 is 4.74 Å². The second-order valence-electron chi connectivity index (χ2n) is 4.85. The van der Waals surface area contributed by atoms with Gasteiger partial charge in [-0.05, 0) is 35.9 Å². The Bertz CT molecular complexity index is 584. The van der Waals surface area contributed by atoms with Crippen LogP contribution < -0.4 is 10.5 Å². The number of para-hydroxylation sites is 1. The van der Waals surface area contributed by atoms with Crippen molar-refractivity contribution in [1.82, 2.24) is 4.98 Å². The molecule has 0 saturated carbocycles. The lowest BCUT2D eigenvalue weighted by atomic mass is 10.1. The summed E-state index contributed by atoms with van der Waals surface area (Å²) in [5, 5.41) is 0. The van der Waals surface area contributed by atoms with Gasteiger partial charge in [0.2, 0.25) is 5.88 Å². The van der Waals surface area contributed by atoms with Crippen molar-refractivity contribution in [1.29, 1.82) is 0 Å². The molecule has 0 spiro atoms. The zero-order valence-corrected chi connectivity index (χ0v) is 12.9. The molecule has 0 bridgehead atoms. The zero-order chi connectivity index (χ0) is 14.5. The van der Waals surface area contributed by atoms with Gasteiger partial charge in [-0.2, -0.15) is 0 Å². The van der Waals surface area contributed by atoms with Gasteiger partial charge in [-0.3, -0.25) is 0 Å². The van der Waals surface area contributed by atoms with Gasteiger partial charge in [0.1, 0.15) is 5.75 Å². The molecule has 1 aromatic carbocycles. The molecule has 0 radical (unpaired) electrons. The number of hydrogen-bond donors (Lipinski definition) is 1. The Hall–Kier alpha value is -1.52. The number of nitrogens with zero attached hydrogens (tertiary/aromatic N) is 1. The molecule has 0 fully saturated rings. The summed E-state index contributed by atoms with van der Waals surface area (Å²) in [6, 6.07) is 11.9. The monoisotopic (exact) mass is 288 g/mol. The van der Waals surface area contributed by atoms with Crippen molar-refractivity contribution in [3.8, 4) is 11.6 Å². The number of ether oxygens (including phenoxy) is 1. The van der Waals surface area contributed by atoms with Crippen molar-refractivity contribution >= 4 is 11.8 Å². The summed E-state index contributed by atoms with van der Waals surface area (Å²) in [5.74, 6) is 1.79. The first-order valence-electron chi connectivity index (χ1n) is 6.66. The van der Waals surface area contributed by atoms with E-state index in [1.165, 1.54) is 0 Å². The molecule has 3 nitrogen and oxygen atoms in total. The predicted octanol–water partition coefficient (Wildman–Crippen LogP) is 4.18. The number of hydrogen-bond acceptors (Lipinski definition) is 4. The number of nitrogens with two attached hydrogens (primary N) is 1. The number of aromatic nitrogens is 1. The molecule has 106 valence electrons. The fraction of sp³-hybridized carbons (Fsp3) is 0.312. The number of rotatable bonds is 5. The normalized spacial score (nSPS) is 10.8. The van der Waals surface area contributed by atoms with E-state index in [0.717, 1.165) is 21.9 Å². The van der Waals surface area contributed by atoms with Gasteiger partial charge in [-0.15, -0.1) is 11.8 Å². The molecule has 2 aromatic rings. The van der Waals surface area contributed by atoms with Crippen LogP contribution in [0.4, 0.5) is 0 Å². The minimum absolute atomic E-state index is 0.347. The topological polar surface area (TPSA) is 48.1 Å². The van der Waals surface area contributed by atoms with E-state index in [0.29, 0.717) is 18.3 Å². The maximum absolute atomic E-state index is 5.95. The molecule has 0 atom stereocenters. The molecule has 0 unspecified atom stereocenters. The van der Waals surface area contributed by atoms with Gasteiger partial charge < -0.3 is 10.5 Å². The Balaban J connectivity index is 2.35. The van der Waals surface area contributed by atoms with Gasteiger partial charge in [-0.25, -0.2) is 4.98 Å². The number of benzene rings is 1. The predicted molar refractivity (Wildman–Crippen MR) is 84.5 cm³/mol. The van der Waals surface area contributed by atoms with Crippen LogP contribution in [0.15, 0.2) is 41.3 Å². The van der Waals surface area contributed by atoms with Crippen LogP contribution in [0.5, 0.6) is 11.6 Å². The molecule has 0 amide bonds. The van der Waals surface area contributed by atoms with E-state index in [1.807, 2.05) is 42.7 Å². The molecule has 4 heteroatoms. The molecule has 0 saturated heterocycles. The quantitative estimate of drug-likeness (QED) is 0.839. The van der Waals surface area contributed by atoms with Gasteiger partial charge in [0, 0.05) is 23.2 Å². The fourth-order valence-electron chi connectivity index (χ4n) is 1.86. The highest BCUT2D eigenvalue weighted by atomic mass is 32.2. The van der Waals surface area contributed by atoms with Gasteiger partial charge in [0.25, 0.3) is 0 Å². The Morgan fingerprint density at radius 1 is 1.25 bits per heavy atom. The van der Waals surface area contributed by atoms with Crippen LogP contribution in [-0.4, -0.2) is 11.2 Å². The highest BCUT2D eigenvalue weighted by Crippen LogP contribution is 2.31. The van der Waals surface area contributed by atoms with Crippen molar-refractivity contribution in [2.75, 3.05) is 6.26 Å². The SMILES string of the molecule is CSc1ccccc1Oc1cc(CN)cc(C(C)C)n1. The third kappa shape index (κ3) is 3.52. The lowest BCUT2D eigenvalue weighted by Crippen LogP contribution is -2.02. The van der Waals surface area contributed by atoms with Crippen LogP contribution in [0.25, 0.3) is 0 Å². The van der Waals surface area contributed by atoms with E-state index in [-0.39, 0.29) is 0 Å². The van der Waals surface area contributed by atoms with Crippen LogP contribution in [0.2, 0.25) is 0 Å².